The molecule has 1 aliphatic rings. The van der Waals surface area contributed by atoms with E-state index in [9.17, 15) is 5.11 Å². The standard InChI is InChI=1S/C22H35NO2SSi/c1-25-14-6-5-12-22(24,18-10-8-13-23-16-18)19-11-7-9-17-15-20(26-21(17)19)27(2,3)4/h7,9,11,15,18,23-24H,5-6,8,10,12-14,16H2,1-4H3/t18-,22+/m1/s1. The highest BCUT2D eigenvalue weighted by Gasteiger charge is 2.40. The number of benzene rings is 1. The summed E-state index contributed by atoms with van der Waals surface area (Å²) in [7, 11) is 0.385. The summed E-state index contributed by atoms with van der Waals surface area (Å²) < 4.78 is 8.05. The summed E-state index contributed by atoms with van der Waals surface area (Å²) in [6.07, 6.45) is 5.03. The molecule has 2 heterocycles. The molecule has 1 fully saturated rings. The van der Waals surface area contributed by atoms with Crippen LogP contribution in [0.25, 0.3) is 10.1 Å². The molecule has 0 aliphatic carbocycles. The molecule has 0 amide bonds. The molecule has 1 aromatic heterocycles. The molecule has 27 heavy (non-hydrogen) atoms. The van der Waals surface area contributed by atoms with E-state index in [4.69, 9.17) is 4.74 Å². The number of methoxy groups -OCH3 is 1. The second-order valence-corrected chi connectivity index (χ2v) is 15.5. The highest BCUT2D eigenvalue weighted by Crippen LogP contribution is 2.42. The minimum absolute atomic E-state index is 0.275. The maximum absolute atomic E-state index is 12.1. The van der Waals surface area contributed by atoms with E-state index in [2.05, 4.69) is 49.2 Å². The van der Waals surface area contributed by atoms with Crippen molar-refractivity contribution < 1.29 is 9.84 Å². The van der Waals surface area contributed by atoms with Crippen LogP contribution in [0.4, 0.5) is 0 Å². The largest absolute Gasteiger partial charge is 0.385 e. The summed E-state index contributed by atoms with van der Waals surface area (Å²) in [5.74, 6) is 0.275. The number of hydrogen-bond acceptors (Lipinski definition) is 4. The van der Waals surface area contributed by atoms with Gasteiger partial charge in [0.1, 0.15) is 0 Å². The number of aliphatic hydroxyl groups is 1. The molecule has 1 aromatic carbocycles. The van der Waals surface area contributed by atoms with Crippen molar-refractivity contribution in [3.05, 3.63) is 29.8 Å². The van der Waals surface area contributed by atoms with Gasteiger partial charge in [0.15, 0.2) is 0 Å². The van der Waals surface area contributed by atoms with Gasteiger partial charge in [-0.25, -0.2) is 0 Å². The lowest BCUT2D eigenvalue weighted by Crippen LogP contribution is -2.44. The van der Waals surface area contributed by atoms with E-state index in [0.717, 1.165) is 57.4 Å². The minimum Gasteiger partial charge on any atom is -0.385 e. The second kappa shape index (κ2) is 8.74. The average molecular weight is 406 g/mol. The summed E-state index contributed by atoms with van der Waals surface area (Å²) in [6, 6.07) is 8.90. The fourth-order valence-electron chi connectivity index (χ4n) is 4.23. The Kier molecular flexibility index (Phi) is 6.80. The number of ether oxygens (including phenoxy) is 1. The second-order valence-electron chi connectivity index (χ2n) is 9.00. The average Bonchev–Trinajstić information content (AvgIpc) is 3.10. The topological polar surface area (TPSA) is 41.5 Å². The summed E-state index contributed by atoms with van der Waals surface area (Å²) in [5.41, 5.74) is 0.392. The highest BCUT2D eigenvalue weighted by molar-refractivity contribution is 7.31. The van der Waals surface area contributed by atoms with Crippen LogP contribution in [0.3, 0.4) is 0 Å². The van der Waals surface area contributed by atoms with E-state index in [1.807, 2.05) is 11.3 Å². The Morgan fingerprint density at radius 1 is 1.30 bits per heavy atom. The quantitative estimate of drug-likeness (QED) is 0.503. The van der Waals surface area contributed by atoms with E-state index in [1.54, 1.807) is 7.11 Å². The Morgan fingerprint density at radius 3 is 2.78 bits per heavy atom. The molecule has 1 aliphatic heterocycles. The third-order valence-electron chi connectivity index (χ3n) is 5.88. The van der Waals surface area contributed by atoms with Crippen LogP contribution in [-0.4, -0.2) is 40.0 Å². The van der Waals surface area contributed by atoms with Crippen LogP contribution in [0.5, 0.6) is 0 Å². The number of piperidine rings is 1. The van der Waals surface area contributed by atoms with Gasteiger partial charge in [-0.3, -0.25) is 0 Å². The summed E-state index contributed by atoms with van der Waals surface area (Å²) in [4.78, 5) is 0. The number of unbranched alkanes of at least 4 members (excludes halogenated alkanes) is 1. The van der Waals surface area contributed by atoms with Crippen LogP contribution >= 0.6 is 11.3 Å². The zero-order valence-electron chi connectivity index (χ0n) is 17.3. The molecule has 0 bridgehead atoms. The molecule has 3 rings (SSSR count). The van der Waals surface area contributed by atoms with Crippen molar-refractivity contribution in [3.8, 4) is 0 Å². The van der Waals surface area contributed by atoms with Gasteiger partial charge in [-0.05, 0) is 54.6 Å². The van der Waals surface area contributed by atoms with E-state index < -0.39 is 13.7 Å². The van der Waals surface area contributed by atoms with Crippen LogP contribution < -0.4 is 9.82 Å². The van der Waals surface area contributed by atoms with Crippen molar-refractivity contribution in [3.63, 3.8) is 0 Å². The minimum atomic E-state index is -1.37. The first-order chi connectivity index (χ1) is 12.9. The van der Waals surface area contributed by atoms with Gasteiger partial charge in [-0.2, -0.15) is 0 Å². The summed E-state index contributed by atoms with van der Waals surface area (Å²) in [6.45, 7) is 9.95. The van der Waals surface area contributed by atoms with E-state index in [0.29, 0.717) is 0 Å². The van der Waals surface area contributed by atoms with Crippen molar-refractivity contribution in [1.82, 2.24) is 5.32 Å². The fourth-order valence-corrected chi connectivity index (χ4v) is 7.36. The molecular formula is C22H35NO2SSi. The summed E-state index contributed by atoms with van der Waals surface area (Å²) in [5, 5.41) is 16.9. The normalized spacial score (nSPS) is 20.7. The van der Waals surface area contributed by atoms with Gasteiger partial charge >= 0.3 is 0 Å². The zero-order valence-corrected chi connectivity index (χ0v) is 19.1. The predicted octanol–water partition coefficient (Wildman–Crippen LogP) is 4.45. The van der Waals surface area contributed by atoms with Crippen LogP contribution in [0, 0.1) is 5.92 Å². The summed E-state index contributed by atoms with van der Waals surface area (Å²) >= 11 is 1.92. The number of hydrogen-bond donors (Lipinski definition) is 2. The molecule has 2 atom stereocenters. The molecule has 0 unspecified atom stereocenters. The van der Waals surface area contributed by atoms with Gasteiger partial charge in [0.05, 0.1) is 13.7 Å². The maximum Gasteiger partial charge on any atom is 0.0950 e. The van der Waals surface area contributed by atoms with Gasteiger partial charge in [0.2, 0.25) is 0 Å². The van der Waals surface area contributed by atoms with Gasteiger partial charge in [-0.1, -0.05) is 37.8 Å². The molecule has 3 nitrogen and oxygen atoms in total. The van der Waals surface area contributed by atoms with Gasteiger partial charge in [-0.15, -0.1) is 11.3 Å². The Bertz CT molecular complexity index is 748. The highest BCUT2D eigenvalue weighted by atomic mass is 32.1. The Hall–Kier alpha value is -0.723. The van der Waals surface area contributed by atoms with Crippen LogP contribution in [0.2, 0.25) is 19.6 Å². The third kappa shape index (κ3) is 4.65. The number of rotatable bonds is 8. The number of fused-ring (bicyclic) bond motifs is 1. The first-order valence-electron chi connectivity index (χ1n) is 10.3. The maximum atomic E-state index is 12.1. The smallest absolute Gasteiger partial charge is 0.0950 e. The van der Waals surface area contributed by atoms with E-state index >= 15 is 0 Å². The Balaban J connectivity index is 2.01. The van der Waals surface area contributed by atoms with Crippen LogP contribution in [0.1, 0.15) is 37.7 Å². The molecule has 5 heteroatoms. The number of thiophene rings is 1. The zero-order chi connectivity index (χ0) is 19.5. The van der Waals surface area contributed by atoms with Crippen molar-refractivity contribution in [2.45, 2.75) is 57.3 Å². The van der Waals surface area contributed by atoms with Crippen molar-refractivity contribution in [2.24, 2.45) is 5.92 Å². The first kappa shape index (κ1) is 21.0. The van der Waals surface area contributed by atoms with E-state index in [-0.39, 0.29) is 5.92 Å². The van der Waals surface area contributed by atoms with Crippen molar-refractivity contribution in [2.75, 3.05) is 26.8 Å². The third-order valence-corrected chi connectivity index (χ3v) is 10.6. The van der Waals surface area contributed by atoms with Gasteiger partial charge in [0.25, 0.3) is 0 Å². The molecule has 2 N–H and O–H groups in total. The van der Waals surface area contributed by atoms with Crippen molar-refractivity contribution >= 4 is 34.0 Å². The molecular weight excluding hydrogens is 370 g/mol. The lowest BCUT2D eigenvalue weighted by atomic mass is 9.74. The Labute approximate surface area is 169 Å². The Morgan fingerprint density at radius 2 is 2.11 bits per heavy atom. The van der Waals surface area contributed by atoms with Crippen molar-refractivity contribution in [1.29, 1.82) is 0 Å². The monoisotopic (exact) mass is 405 g/mol. The van der Waals surface area contributed by atoms with Gasteiger partial charge in [0, 0.05) is 36.4 Å². The molecule has 0 spiro atoms. The molecule has 2 aromatic rings. The molecule has 1 saturated heterocycles. The lowest BCUT2D eigenvalue weighted by Gasteiger charge is -2.39. The van der Waals surface area contributed by atoms with Crippen LogP contribution in [0.15, 0.2) is 24.3 Å². The first-order valence-corrected chi connectivity index (χ1v) is 14.6. The lowest BCUT2D eigenvalue weighted by molar-refractivity contribution is -0.0420. The number of nitrogens with one attached hydrogen (secondary N) is 1. The van der Waals surface area contributed by atoms with Crippen LogP contribution in [-0.2, 0) is 10.3 Å². The molecule has 0 radical (unpaired) electrons. The molecule has 150 valence electrons. The fraction of sp³-hybridized carbons (Fsp3) is 0.636. The molecule has 0 saturated carbocycles. The predicted molar refractivity (Wildman–Crippen MR) is 120 cm³/mol. The SMILES string of the molecule is COCCCC[C@@](O)(c1cccc2cc([Si](C)(C)C)sc12)[C@@H]1CCCNC1. The van der Waals surface area contributed by atoms with Gasteiger partial charge < -0.3 is 15.2 Å². The van der Waals surface area contributed by atoms with E-state index in [1.165, 1.54) is 14.6 Å².